The highest BCUT2D eigenvalue weighted by molar-refractivity contribution is 9.11. The van der Waals surface area contributed by atoms with E-state index in [1.165, 1.54) is 102 Å². The Bertz CT molecular complexity index is 1310. The van der Waals surface area contributed by atoms with Gasteiger partial charge in [0.25, 0.3) is 5.69 Å². The fourth-order valence-corrected chi connectivity index (χ4v) is 6.52. The summed E-state index contributed by atoms with van der Waals surface area (Å²) in [7, 11) is 0. The van der Waals surface area contributed by atoms with Gasteiger partial charge < -0.3 is 9.84 Å². The molecule has 0 amide bonds. The molecule has 43 heavy (non-hydrogen) atoms. The largest absolute Gasteiger partial charge is 0.504 e. The van der Waals surface area contributed by atoms with Gasteiger partial charge in [-0.25, -0.2) is 0 Å². The van der Waals surface area contributed by atoms with E-state index in [4.69, 9.17) is 4.74 Å². The van der Waals surface area contributed by atoms with Crippen LogP contribution in [0.5, 0.6) is 11.5 Å². The molecule has 3 aromatic carbocycles. The van der Waals surface area contributed by atoms with Crippen molar-refractivity contribution in [3.63, 3.8) is 0 Å². The van der Waals surface area contributed by atoms with Crippen molar-refractivity contribution < 1.29 is 14.8 Å². The number of fused-ring (bicyclic) bond motifs is 1. The number of azo groups is 1. The Morgan fingerprint density at radius 1 is 0.744 bits per heavy atom. The predicted molar refractivity (Wildman–Crippen MR) is 183 cm³/mol. The Balaban J connectivity index is 1.42. The van der Waals surface area contributed by atoms with E-state index in [0.29, 0.717) is 38.1 Å². The van der Waals surface area contributed by atoms with Crippen LogP contribution in [-0.4, -0.2) is 16.6 Å². The Hall–Kier alpha value is -2.52. The number of nitro groups is 1. The standard InChI is InChI=1S/C34H45Br2N3O4/c1-2-3-4-5-6-7-8-9-10-11-12-13-14-15-16-19-22-43-32-25-31(27-20-17-18-21-28(27)34(32)40)37-38-33-29(35)23-26(39(41)42)24-30(33)36/h17-18,20-21,23-25,40H,2-16,19,22H2,1H3. The summed E-state index contributed by atoms with van der Waals surface area (Å²) in [6.45, 7) is 2.79. The molecule has 3 rings (SSSR count). The normalized spacial score (nSPS) is 11.5. The first-order valence-corrected chi connectivity index (χ1v) is 17.4. The molecule has 7 nitrogen and oxygen atoms in total. The highest BCUT2D eigenvalue weighted by Gasteiger charge is 2.16. The van der Waals surface area contributed by atoms with Crippen LogP contribution < -0.4 is 4.74 Å². The van der Waals surface area contributed by atoms with Crippen LogP contribution in [0.15, 0.2) is 61.6 Å². The molecule has 0 unspecified atom stereocenters. The second-order valence-electron chi connectivity index (χ2n) is 11.2. The van der Waals surface area contributed by atoms with E-state index in [1.807, 2.05) is 24.3 Å². The Morgan fingerprint density at radius 3 is 1.74 bits per heavy atom. The molecule has 0 aromatic heterocycles. The minimum Gasteiger partial charge on any atom is -0.504 e. The molecule has 0 atom stereocenters. The van der Waals surface area contributed by atoms with Crippen LogP contribution in [0, 0.1) is 10.1 Å². The summed E-state index contributed by atoms with van der Waals surface area (Å²) in [5.41, 5.74) is 0.906. The van der Waals surface area contributed by atoms with E-state index in [-0.39, 0.29) is 11.4 Å². The molecule has 0 radical (unpaired) electrons. The van der Waals surface area contributed by atoms with Gasteiger partial charge in [-0.15, -0.1) is 10.2 Å². The van der Waals surface area contributed by atoms with Crippen LogP contribution >= 0.6 is 31.9 Å². The smallest absolute Gasteiger partial charge is 0.271 e. The maximum Gasteiger partial charge on any atom is 0.271 e. The number of non-ortho nitro benzene ring substituents is 1. The van der Waals surface area contributed by atoms with E-state index in [1.54, 1.807) is 6.07 Å². The Kier molecular flexibility index (Phi) is 16.0. The molecule has 0 fully saturated rings. The zero-order valence-corrected chi connectivity index (χ0v) is 28.5. The molecule has 0 saturated heterocycles. The Labute approximate surface area is 272 Å². The molecular weight excluding hydrogens is 674 g/mol. The van der Waals surface area contributed by atoms with Gasteiger partial charge in [0.1, 0.15) is 5.69 Å². The van der Waals surface area contributed by atoms with Crippen molar-refractivity contribution in [3.8, 4) is 11.5 Å². The van der Waals surface area contributed by atoms with E-state index in [2.05, 4.69) is 49.0 Å². The van der Waals surface area contributed by atoms with E-state index in [0.717, 1.165) is 18.2 Å². The number of halogens is 2. The average Bonchev–Trinajstić information content (AvgIpc) is 2.99. The molecule has 0 aliphatic carbocycles. The van der Waals surface area contributed by atoms with Gasteiger partial charge in [-0.2, -0.15) is 0 Å². The van der Waals surface area contributed by atoms with Crippen molar-refractivity contribution >= 4 is 59.7 Å². The number of unbranched alkanes of at least 4 members (excludes halogenated alkanes) is 15. The third kappa shape index (κ3) is 11.8. The SMILES string of the molecule is CCCCCCCCCCCCCCCCCCOc1cc(N=Nc2c(Br)cc([N+](=O)[O-])cc2Br)c2ccccc2c1O. The maximum atomic E-state index is 11.1. The van der Waals surface area contributed by atoms with Gasteiger partial charge in [-0.05, 0) is 38.3 Å². The van der Waals surface area contributed by atoms with Crippen molar-refractivity contribution in [2.45, 2.75) is 110 Å². The monoisotopic (exact) mass is 717 g/mol. The Morgan fingerprint density at radius 2 is 1.23 bits per heavy atom. The van der Waals surface area contributed by atoms with Gasteiger partial charge in [0, 0.05) is 29.0 Å². The summed E-state index contributed by atoms with van der Waals surface area (Å²) in [4.78, 5) is 10.7. The lowest BCUT2D eigenvalue weighted by Crippen LogP contribution is -1.98. The molecular formula is C34H45Br2N3O4. The number of ether oxygens (including phenoxy) is 1. The first kappa shape index (κ1) is 35.0. The maximum absolute atomic E-state index is 11.1. The lowest BCUT2D eigenvalue weighted by atomic mass is 10.0. The van der Waals surface area contributed by atoms with Crippen LogP contribution in [0.2, 0.25) is 0 Å². The van der Waals surface area contributed by atoms with E-state index in [9.17, 15) is 15.2 Å². The summed E-state index contributed by atoms with van der Waals surface area (Å²) < 4.78 is 6.89. The second-order valence-corrected chi connectivity index (χ2v) is 12.9. The number of benzene rings is 3. The van der Waals surface area contributed by atoms with Crippen molar-refractivity contribution in [1.82, 2.24) is 0 Å². The van der Waals surface area contributed by atoms with Crippen LogP contribution in [0.1, 0.15) is 110 Å². The first-order chi connectivity index (χ1) is 20.9. The molecule has 3 aromatic rings. The van der Waals surface area contributed by atoms with Gasteiger partial charge >= 0.3 is 0 Å². The minimum atomic E-state index is -0.465. The molecule has 0 saturated carbocycles. The van der Waals surface area contributed by atoms with Crippen LogP contribution in [0.3, 0.4) is 0 Å². The first-order valence-electron chi connectivity index (χ1n) is 15.8. The highest BCUT2D eigenvalue weighted by Crippen LogP contribution is 2.43. The third-order valence-electron chi connectivity index (χ3n) is 7.69. The highest BCUT2D eigenvalue weighted by atomic mass is 79.9. The summed E-state index contributed by atoms with van der Waals surface area (Å²) in [5, 5.41) is 32.2. The number of phenols is 1. The molecule has 0 bridgehead atoms. The molecule has 9 heteroatoms. The molecule has 234 valence electrons. The second kappa shape index (κ2) is 19.7. The number of aromatic hydroxyl groups is 1. The third-order valence-corrected chi connectivity index (χ3v) is 8.89. The number of nitro benzene ring substituents is 1. The number of nitrogens with zero attached hydrogens (tertiary/aromatic N) is 3. The molecule has 0 aliphatic rings. The van der Waals surface area contributed by atoms with Crippen molar-refractivity contribution in [2.75, 3.05) is 6.61 Å². The van der Waals surface area contributed by atoms with Gasteiger partial charge in [-0.3, -0.25) is 10.1 Å². The lowest BCUT2D eigenvalue weighted by molar-refractivity contribution is -0.385. The molecule has 0 aliphatic heterocycles. The zero-order chi connectivity index (χ0) is 30.9. The van der Waals surface area contributed by atoms with Crippen molar-refractivity contribution in [2.24, 2.45) is 10.2 Å². The number of hydrogen-bond acceptors (Lipinski definition) is 6. The zero-order valence-electron chi connectivity index (χ0n) is 25.3. The summed E-state index contributed by atoms with van der Waals surface area (Å²) in [6.07, 6.45) is 21.0. The fourth-order valence-electron chi connectivity index (χ4n) is 5.20. The van der Waals surface area contributed by atoms with E-state index < -0.39 is 4.92 Å². The molecule has 1 N–H and O–H groups in total. The summed E-state index contributed by atoms with van der Waals surface area (Å²) in [5.74, 6) is 0.458. The van der Waals surface area contributed by atoms with Crippen molar-refractivity contribution in [1.29, 1.82) is 0 Å². The molecule has 0 heterocycles. The number of hydrogen-bond donors (Lipinski definition) is 1. The van der Waals surface area contributed by atoms with Gasteiger partial charge in [0.05, 0.1) is 26.2 Å². The minimum absolute atomic E-state index is 0.0578. The quantitative estimate of drug-likeness (QED) is 0.0513. The van der Waals surface area contributed by atoms with Crippen LogP contribution in [-0.2, 0) is 0 Å². The van der Waals surface area contributed by atoms with Crippen molar-refractivity contribution in [3.05, 3.63) is 61.5 Å². The summed E-state index contributed by atoms with van der Waals surface area (Å²) >= 11 is 6.71. The number of rotatable bonds is 21. The summed E-state index contributed by atoms with van der Waals surface area (Å²) in [6, 6.07) is 11.9. The fraction of sp³-hybridized carbons (Fsp3) is 0.529. The van der Waals surface area contributed by atoms with Crippen LogP contribution in [0.4, 0.5) is 17.1 Å². The predicted octanol–water partition coefficient (Wildman–Crippen LogP) is 13.0. The van der Waals surface area contributed by atoms with Crippen LogP contribution in [0.25, 0.3) is 10.8 Å². The lowest BCUT2D eigenvalue weighted by Gasteiger charge is -2.12. The van der Waals surface area contributed by atoms with E-state index >= 15 is 0 Å². The number of phenolic OH excluding ortho intramolecular Hbond substituents is 1. The average molecular weight is 720 g/mol. The topological polar surface area (TPSA) is 97.3 Å². The van der Waals surface area contributed by atoms with Gasteiger partial charge in [0.2, 0.25) is 0 Å². The van der Waals surface area contributed by atoms with Gasteiger partial charge in [0.15, 0.2) is 11.5 Å². The van der Waals surface area contributed by atoms with Gasteiger partial charge in [-0.1, -0.05) is 128 Å². The molecule has 0 spiro atoms.